The number of nitrogens with one attached hydrogen (secondary N) is 1. The molecular formula is C10H17N3O2. The monoisotopic (exact) mass is 211 g/mol. The molecule has 84 valence electrons. The number of nitrogens with zero attached hydrogens (tertiary/aromatic N) is 1. The number of rotatable bonds is 5. The molecule has 0 aliphatic rings. The summed E-state index contributed by atoms with van der Waals surface area (Å²) in [7, 11) is 0. The number of hydrogen-bond donors (Lipinski definition) is 2. The van der Waals surface area contributed by atoms with Crippen molar-refractivity contribution in [3.63, 3.8) is 0 Å². The van der Waals surface area contributed by atoms with E-state index in [0.29, 0.717) is 18.1 Å². The maximum atomic E-state index is 11.5. The van der Waals surface area contributed by atoms with Crippen LogP contribution in [0.25, 0.3) is 0 Å². The molecule has 0 spiro atoms. The van der Waals surface area contributed by atoms with E-state index < -0.39 is 0 Å². The average molecular weight is 211 g/mol. The number of amides is 1. The molecule has 1 atom stereocenters. The van der Waals surface area contributed by atoms with Crippen LogP contribution < -0.4 is 11.1 Å². The number of oxazole rings is 1. The summed E-state index contributed by atoms with van der Waals surface area (Å²) in [6.45, 7) is 4.56. The van der Waals surface area contributed by atoms with E-state index in [0.717, 1.165) is 12.8 Å². The maximum Gasteiger partial charge on any atom is 0.273 e. The Balaban J connectivity index is 2.63. The van der Waals surface area contributed by atoms with Crippen LogP contribution in [-0.2, 0) is 0 Å². The molecule has 0 saturated carbocycles. The lowest BCUT2D eigenvalue weighted by molar-refractivity contribution is 0.0948. The summed E-state index contributed by atoms with van der Waals surface area (Å²) >= 11 is 0. The van der Waals surface area contributed by atoms with E-state index in [-0.39, 0.29) is 11.9 Å². The Morgan fingerprint density at radius 1 is 1.67 bits per heavy atom. The molecule has 0 bridgehead atoms. The molecule has 1 rings (SSSR count). The molecule has 1 amide bonds. The highest BCUT2D eigenvalue weighted by atomic mass is 16.3. The van der Waals surface area contributed by atoms with Crippen LogP contribution in [0.2, 0.25) is 0 Å². The fourth-order valence-electron chi connectivity index (χ4n) is 1.07. The van der Waals surface area contributed by atoms with Crippen LogP contribution in [0.5, 0.6) is 0 Å². The second-order valence-corrected chi connectivity index (χ2v) is 3.34. The molecular weight excluding hydrogens is 194 g/mol. The molecule has 0 fully saturated rings. The number of carbonyl (C=O) groups is 1. The van der Waals surface area contributed by atoms with Crippen molar-refractivity contribution in [1.29, 1.82) is 0 Å². The van der Waals surface area contributed by atoms with Gasteiger partial charge in [0.2, 0.25) is 5.89 Å². The summed E-state index contributed by atoms with van der Waals surface area (Å²) in [6.07, 6.45) is 2.97. The van der Waals surface area contributed by atoms with Crippen molar-refractivity contribution in [2.75, 3.05) is 6.54 Å². The van der Waals surface area contributed by atoms with Crippen LogP contribution >= 0.6 is 0 Å². The van der Waals surface area contributed by atoms with Crippen molar-refractivity contribution < 1.29 is 9.21 Å². The lowest BCUT2D eigenvalue weighted by atomic mass is 10.2. The topological polar surface area (TPSA) is 81.2 Å². The van der Waals surface area contributed by atoms with Gasteiger partial charge in [-0.05, 0) is 12.8 Å². The van der Waals surface area contributed by atoms with Gasteiger partial charge in [0.05, 0.1) is 6.04 Å². The second kappa shape index (κ2) is 5.50. The van der Waals surface area contributed by atoms with Crippen LogP contribution in [0.15, 0.2) is 10.7 Å². The molecule has 0 aliphatic carbocycles. The van der Waals surface area contributed by atoms with Crippen molar-refractivity contribution in [2.45, 2.75) is 32.7 Å². The van der Waals surface area contributed by atoms with Gasteiger partial charge in [-0.3, -0.25) is 4.79 Å². The fourth-order valence-corrected chi connectivity index (χ4v) is 1.07. The van der Waals surface area contributed by atoms with E-state index in [1.165, 1.54) is 6.26 Å². The van der Waals surface area contributed by atoms with Gasteiger partial charge in [-0.2, -0.15) is 0 Å². The molecule has 0 radical (unpaired) electrons. The molecule has 1 unspecified atom stereocenters. The summed E-state index contributed by atoms with van der Waals surface area (Å²) in [6, 6.07) is -0.238. The van der Waals surface area contributed by atoms with E-state index in [1.807, 2.05) is 13.8 Å². The van der Waals surface area contributed by atoms with Gasteiger partial charge in [-0.15, -0.1) is 0 Å². The zero-order chi connectivity index (χ0) is 11.3. The molecule has 3 N–H and O–H groups in total. The first-order valence-electron chi connectivity index (χ1n) is 5.18. The molecule has 1 aromatic heterocycles. The van der Waals surface area contributed by atoms with E-state index >= 15 is 0 Å². The second-order valence-electron chi connectivity index (χ2n) is 3.34. The highest BCUT2D eigenvalue weighted by Gasteiger charge is 2.14. The Hall–Kier alpha value is -1.36. The van der Waals surface area contributed by atoms with Crippen LogP contribution in [0, 0.1) is 0 Å². The Bertz CT molecular complexity index is 322. The third kappa shape index (κ3) is 3.06. The van der Waals surface area contributed by atoms with E-state index in [2.05, 4.69) is 10.3 Å². The quantitative estimate of drug-likeness (QED) is 0.767. The largest absolute Gasteiger partial charge is 0.446 e. The molecule has 15 heavy (non-hydrogen) atoms. The predicted molar refractivity (Wildman–Crippen MR) is 56.3 cm³/mol. The van der Waals surface area contributed by atoms with Gasteiger partial charge in [-0.25, -0.2) is 4.98 Å². The van der Waals surface area contributed by atoms with Gasteiger partial charge in [0, 0.05) is 6.54 Å². The van der Waals surface area contributed by atoms with Crippen molar-refractivity contribution in [3.8, 4) is 0 Å². The normalized spacial score (nSPS) is 12.5. The summed E-state index contributed by atoms with van der Waals surface area (Å²) < 4.78 is 5.12. The van der Waals surface area contributed by atoms with Gasteiger partial charge in [-0.1, -0.05) is 13.8 Å². The Kier molecular flexibility index (Phi) is 4.30. The first kappa shape index (κ1) is 11.7. The van der Waals surface area contributed by atoms with Crippen LogP contribution in [0.4, 0.5) is 0 Å². The summed E-state index contributed by atoms with van der Waals surface area (Å²) in [5.74, 6) is 0.203. The molecule has 0 aromatic carbocycles. The molecule has 1 heterocycles. The molecule has 0 saturated heterocycles. The van der Waals surface area contributed by atoms with E-state index in [1.54, 1.807) is 0 Å². The minimum atomic E-state index is -0.238. The Labute approximate surface area is 89.1 Å². The van der Waals surface area contributed by atoms with Crippen molar-refractivity contribution >= 4 is 5.91 Å². The molecule has 5 nitrogen and oxygen atoms in total. The Morgan fingerprint density at radius 2 is 2.40 bits per heavy atom. The SMILES string of the molecule is CCCNC(=O)c1coc(C(N)CC)n1. The smallest absolute Gasteiger partial charge is 0.273 e. The molecule has 0 aliphatic heterocycles. The third-order valence-electron chi connectivity index (χ3n) is 2.05. The summed E-state index contributed by atoms with van der Waals surface area (Å²) in [4.78, 5) is 15.5. The number of carbonyl (C=O) groups excluding carboxylic acids is 1. The Morgan fingerprint density at radius 3 is 3.00 bits per heavy atom. The van der Waals surface area contributed by atoms with Gasteiger partial charge < -0.3 is 15.5 Å². The standard InChI is InChI=1S/C10H17N3O2/c1-3-5-12-9(14)8-6-15-10(13-8)7(11)4-2/h6-7H,3-5,11H2,1-2H3,(H,12,14). The summed E-state index contributed by atoms with van der Waals surface area (Å²) in [5.41, 5.74) is 6.01. The van der Waals surface area contributed by atoms with Crippen LogP contribution in [-0.4, -0.2) is 17.4 Å². The fraction of sp³-hybridized carbons (Fsp3) is 0.600. The minimum Gasteiger partial charge on any atom is -0.446 e. The predicted octanol–water partition coefficient (Wildman–Crippen LogP) is 1.22. The first-order chi connectivity index (χ1) is 7.19. The first-order valence-corrected chi connectivity index (χ1v) is 5.18. The van der Waals surface area contributed by atoms with E-state index in [4.69, 9.17) is 10.2 Å². The van der Waals surface area contributed by atoms with Crippen LogP contribution in [0.1, 0.15) is 49.1 Å². The highest BCUT2D eigenvalue weighted by Crippen LogP contribution is 2.12. The number of nitrogens with two attached hydrogens (primary N) is 1. The lowest BCUT2D eigenvalue weighted by Gasteiger charge is -2.01. The number of hydrogen-bond acceptors (Lipinski definition) is 4. The maximum absolute atomic E-state index is 11.5. The van der Waals surface area contributed by atoms with Crippen molar-refractivity contribution in [2.24, 2.45) is 5.73 Å². The van der Waals surface area contributed by atoms with E-state index in [9.17, 15) is 4.79 Å². The molecule has 5 heteroatoms. The van der Waals surface area contributed by atoms with Gasteiger partial charge >= 0.3 is 0 Å². The minimum absolute atomic E-state index is 0.213. The zero-order valence-corrected chi connectivity index (χ0v) is 9.12. The number of aromatic nitrogens is 1. The third-order valence-corrected chi connectivity index (χ3v) is 2.05. The van der Waals surface area contributed by atoms with Gasteiger partial charge in [0.25, 0.3) is 5.91 Å². The van der Waals surface area contributed by atoms with Gasteiger partial charge in [0.15, 0.2) is 5.69 Å². The average Bonchev–Trinajstić information content (AvgIpc) is 2.74. The lowest BCUT2D eigenvalue weighted by Crippen LogP contribution is -2.24. The highest BCUT2D eigenvalue weighted by molar-refractivity contribution is 5.91. The summed E-state index contributed by atoms with van der Waals surface area (Å²) in [5, 5.41) is 2.72. The van der Waals surface area contributed by atoms with Crippen molar-refractivity contribution in [3.05, 3.63) is 17.8 Å². The van der Waals surface area contributed by atoms with Crippen molar-refractivity contribution in [1.82, 2.24) is 10.3 Å². The zero-order valence-electron chi connectivity index (χ0n) is 9.12. The molecule has 1 aromatic rings. The van der Waals surface area contributed by atoms with Gasteiger partial charge in [0.1, 0.15) is 6.26 Å². The van der Waals surface area contributed by atoms with Crippen LogP contribution in [0.3, 0.4) is 0 Å².